The minimum absolute atomic E-state index is 0.267. The molecule has 2 heterocycles. The summed E-state index contributed by atoms with van der Waals surface area (Å²) in [6.07, 6.45) is 3.81. The number of aromatic amines is 1. The quantitative estimate of drug-likeness (QED) is 0.696. The summed E-state index contributed by atoms with van der Waals surface area (Å²) in [5.74, 6) is 0.267. The molecule has 2 aromatic heterocycles. The van der Waals surface area contributed by atoms with Crippen molar-refractivity contribution >= 4 is 11.2 Å². The molecular formula is C12H10N4O. The Morgan fingerprint density at radius 3 is 2.71 bits per heavy atom. The maximum atomic E-state index is 9.22. The summed E-state index contributed by atoms with van der Waals surface area (Å²) in [5, 5.41) is 9.22. The van der Waals surface area contributed by atoms with Gasteiger partial charge in [0.05, 0.1) is 12.0 Å². The molecule has 5 nitrogen and oxygen atoms in total. The normalized spacial score (nSPS) is 10.8. The van der Waals surface area contributed by atoms with Crippen molar-refractivity contribution in [2.24, 2.45) is 0 Å². The summed E-state index contributed by atoms with van der Waals surface area (Å²) in [6, 6.07) is 7.08. The Hall–Kier alpha value is -2.43. The molecule has 1 aromatic carbocycles. The van der Waals surface area contributed by atoms with Crippen LogP contribution in [0.25, 0.3) is 11.2 Å². The van der Waals surface area contributed by atoms with Crippen LogP contribution < -0.4 is 0 Å². The number of rotatable bonds is 2. The number of hydrogen-bond acceptors (Lipinski definition) is 4. The summed E-state index contributed by atoms with van der Waals surface area (Å²) >= 11 is 0. The van der Waals surface area contributed by atoms with Gasteiger partial charge in [0.1, 0.15) is 17.6 Å². The zero-order valence-corrected chi connectivity index (χ0v) is 8.96. The summed E-state index contributed by atoms with van der Waals surface area (Å²) in [6.45, 7) is 0. The number of nitrogens with one attached hydrogen (secondary N) is 1. The molecule has 0 aliphatic carbocycles. The number of H-pyrrole nitrogens is 1. The van der Waals surface area contributed by atoms with Gasteiger partial charge in [0.2, 0.25) is 0 Å². The largest absolute Gasteiger partial charge is 0.508 e. The van der Waals surface area contributed by atoms with Gasteiger partial charge < -0.3 is 10.1 Å². The van der Waals surface area contributed by atoms with E-state index in [-0.39, 0.29) is 5.75 Å². The molecule has 2 N–H and O–H groups in total. The molecule has 0 radical (unpaired) electrons. The van der Waals surface area contributed by atoms with Crippen LogP contribution in [0.1, 0.15) is 11.3 Å². The lowest BCUT2D eigenvalue weighted by Gasteiger charge is -2.02. The number of phenols is 1. The predicted octanol–water partition coefficient (Wildman–Crippen LogP) is 1.65. The molecule has 0 spiro atoms. The highest BCUT2D eigenvalue weighted by Gasteiger charge is 2.06. The van der Waals surface area contributed by atoms with E-state index >= 15 is 0 Å². The highest BCUT2D eigenvalue weighted by atomic mass is 16.3. The molecule has 0 saturated heterocycles. The summed E-state index contributed by atoms with van der Waals surface area (Å²) in [4.78, 5) is 15.4. The van der Waals surface area contributed by atoms with Crippen molar-refractivity contribution in [3.8, 4) is 5.75 Å². The Kier molecular flexibility index (Phi) is 2.22. The number of aromatic nitrogens is 4. The topological polar surface area (TPSA) is 74.7 Å². The molecule has 3 aromatic rings. The highest BCUT2D eigenvalue weighted by molar-refractivity contribution is 5.72. The third-order valence-corrected chi connectivity index (χ3v) is 2.61. The summed E-state index contributed by atoms with van der Waals surface area (Å²) < 4.78 is 0. The molecule has 17 heavy (non-hydrogen) atoms. The number of fused-ring (bicyclic) bond motifs is 1. The Balaban J connectivity index is 1.99. The summed E-state index contributed by atoms with van der Waals surface area (Å²) in [5.41, 5.74) is 3.52. The summed E-state index contributed by atoms with van der Waals surface area (Å²) in [7, 11) is 0. The van der Waals surface area contributed by atoms with Crippen molar-refractivity contribution in [3.63, 3.8) is 0 Å². The van der Waals surface area contributed by atoms with Crippen molar-refractivity contribution in [1.29, 1.82) is 0 Å². The highest BCUT2D eigenvalue weighted by Crippen LogP contribution is 2.16. The molecule has 0 unspecified atom stereocenters. The van der Waals surface area contributed by atoms with E-state index in [4.69, 9.17) is 0 Å². The fourth-order valence-corrected chi connectivity index (χ4v) is 1.76. The third-order valence-electron chi connectivity index (χ3n) is 2.61. The second-order valence-corrected chi connectivity index (χ2v) is 3.76. The van der Waals surface area contributed by atoms with E-state index in [1.54, 1.807) is 18.5 Å². The third kappa shape index (κ3) is 1.82. The van der Waals surface area contributed by atoms with Gasteiger partial charge in [-0.2, -0.15) is 0 Å². The van der Waals surface area contributed by atoms with Crippen LogP contribution in [-0.2, 0) is 6.42 Å². The second-order valence-electron chi connectivity index (χ2n) is 3.76. The minimum atomic E-state index is 0.267. The van der Waals surface area contributed by atoms with Crippen molar-refractivity contribution < 1.29 is 5.11 Å². The molecule has 3 rings (SSSR count). The van der Waals surface area contributed by atoms with Crippen molar-refractivity contribution in [3.05, 3.63) is 48.2 Å². The maximum absolute atomic E-state index is 9.22. The monoisotopic (exact) mass is 226 g/mol. The number of benzene rings is 1. The lowest BCUT2D eigenvalue weighted by molar-refractivity contribution is 0.475. The number of aromatic hydroxyl groups is 1. The van der Waals surface area contributed by atoms with Crippen LogP contribution in [0.2, 0.25) is 0 Å². The van der Waals surface area contributed by atoms with Gasteiger partial charge in [0.15, 0.2) is 5.65 Å². The molecule has 0 bridgehead atoms. The first-order chi connectivity index (χ1) is 8.33. The van der Waals surface area contributed by atoms with E-state index in [1.807, 2.05) is 12.1 Å². The van der Waals surface area contributed by atoms with Crippen molar-refractivity contribution in [2.45, 2.75) is 6.42 Å². The number of imidazole rings is 1. The van der Waals surface area contributed by atoms with Crippen LogP contribution in [-0.4, -0.2) is 25.0 Å². The zero-order chi connectivity index (χ0) is 11.7. The Morgan fingerprint density at radius 1 is 1.06 bits per heavy atom. The fraction of sp³-hybridized carbons (Fsp3) is 0.0833. The molecule has 0 atom stereocenters. The average Bonchev–Trinajstić information content (AvgIpc) is 2.81. The van der Waals surface area contributed by atoms with E-state index < -0.39 is 0 Å². The van der Waals surface area contributed by atoms with E-state index in [9.17, 15) is 5.11 Å². The Labute approximate surface area is 97.2 Å². The van der Waals surface area contributed by atoms with Crippen LogP contribution in [0, 0.1) is 0 Å². The van der Waals surface area contributed by atoms with Gasteiger partial charge in [0, 0.05) is 6.42 Å². The van der Waals surface area contributed by atoms with Crippen LogP contribution in [0.5, 0.6) is 5.75 Å². The van der Waals surface area contributed by atoms with Gasteiger partial charge in [-0.05, 0) is 17.7 Å². The first-order valence-electron chi connectivity index (χ1n) is 5.24. The first-order valence-corrected chi connectivity index (χ1v) is 5.24. The van der Waals surface area contributed by atoms with E-state index in [2.05, 4.69) is 19.9 Å². The first kappa shape index (κ1) is 9.77. The second kappa shape index (κ2) is 3.86. The zero-order valence-electron chi connectivity index (χ0n) is 8.96. The van der Waals surface area contributed by atoms with Crippen LogP contribution in [0.15, 0.2) is 36.9 Å². The van der Waals surface area contributed by atoms with Crippen molar-refractivity contribution in [1.82, 2.24) is 19.9 Å². The molecule has 84 valence electrons. The molecular weight excluding hydrogens is 216 g/mol. The molecule has 0 amide bonds. The lowest BCUT2D eigenvalue weighted by Crippen LogP contribution is -1.95. The number of phenolic OH excluding ortho intramolecular Hbond substituents is 1. The SMILES string of the molecule is Oc1ccc(Cc2ncnc3nc[nH]c23)cc1. The van der Waals surface area contributed by atoms with E-state index in [1.165, 1.54) is 6.33 Å². The maximum Gasteiger partial charge on any atom is 0.180 e. The smallest absolute Gasteiger partial charge is 0.180 e. The Morgan fingerprint density at radius 2 is 1.88 bits per heavy atom. The van der Waals surface area contributed by atoms with Gasteiger partial charge in [-0.3, -0.25) is 0 Å². The predicted molar refractivity (Wildman–Crippen MR) is 62.6 cm³/mol. The molecule has 5 heteroatoms. The van der Waals surface area contributed by atoms with Gasteiger partial charge in [-0.1, -0.05) is 12.1 Å². The molecule has 0 saturated carbocycles. The minimum Gasteiger partial charge on any atom is -0.508 e. The van der Waals surface area contributed by atoms with Crippen LogP contribution in [0.3, 0.4) is 0 Å². The molecule has 0 fully saturated rings. The lowest BCUT2D eigenvalue weighted by atomic mass is 10.1. The fourth-order valence-electron chi connectivity index (χ4n) is 1.76. The standard InChI is InChI=1S/C12H10N4O/c17-9-3-1-8(2-4-9)5-10-11-12(15-6-13-10)16-7-14-11/h1-4,6-7,17H,5H2,(H,13,14,15,16). The van der Waals surface area contributed by atoms with E-state index in [0.717, 1.165) is 16.8 Å². The number of hydrogen-bond donors (Lipinski definition) is 2. The van der Waals surface area contributed by atoms with Crippen LogP contribution >= 0.6 is 0 Å². The van der Waals surface area contributed by atoms with Crippen LogP contribution in [0.4, 0.5) is 0 Å². The van der Waals surface area contributed by atoms with Crippen molar-refractivity contribution in [2.75, 3.05) is 0 Å². The van der Waals surface area contributed by atoms with Gasteiger partial charge in [-0.25, -0.2) is 15.0 Å². The number of nitrogens with zero attached hydrogens (tertiary/aromatic N) is 3. The average molecular weight is 226 g/mol. The Bertz CT molecular complexity index is 645. The van der Waals surface area contributed by atoms with Gasteiger partial charge >= 0.3 is 0 Å². The molecule has 0 aliphatic rings. The molecule has 0 aliphatic heterocycles. The van der Waals surface area contributed by atoms with Gasteiger partial charge in [0.25, 0.3) is 0 Å². The van der Waals surface area contributed by atoms with Gasteiger partial charge in [-0.15, -0.1) is 0 Å². The van der Waals surface area contributed by atoms with E-state index in [0.29, 0.717) is 12.1 Å².